The van der Waals surface area contributed by atoms with Crippen molar-refractivity contribution in [3.8, 4) is 5.88 Å². The van der Waals surface area contributed by atoms with Crippen LogP contribution in [0.25, 0.3) is 11.0 Å². The van der Waals surface area contributed by atoms with Crippen LogP contribution in [0, 0.1) is 0 Å². The Kier molecular flexibility index (Phi) is 4.99. The Morgan fingerprint density at radius 1 is 1.16 bits per heavy atom. The van der Waals surface area contributed by atoms with E-state index >= 15 is 0 Å². The summed E-state index contributed by atoms with van der Waals surface area (Å²) in [4.78, 5) is 24.8. The lowest BCUT2D eigenvalue weighted by molar-refractivity contribution is 0.0932. The Hall–Kier alpha value is -3.56. The number of halogens is 2. The number of nitrogens with zero attached hydrogens (tertiary/aromatic N) is 5. The van der Waals surface area contributed by atoms with Gasteiger partial charge in [-0.15, -0.1) is 0 Å². The third-order valence-corrected chi connectivity index (χ3v) is 5.51. The highest BCUT2D eigenvalue weighted by atomic mass is 35.5. The van der Waals surface area contributed by atoms with E-state index < -0.39 is 0 Å². The molecule has 0 saturated heterocycles. The number of amides is 1. The number of benzene rings is 2. The summed E-state index contributed by atoms with van der Waals surface area (Å²) in [6.07, 6.45) is 1.40. The molecule has 9 nitrogen and oxygen atoms in total. The van der Waals surface area contributed by atoms with Crippen molar-refractivity contribution in [3.63, 3.8) is 0 Å². The predicted molar refractivity (Wildman–Crippen MR) is 122 cm³/mol. The van der Waals surface area contributed by atoms with Gasteiger partial charge in [-0.1, -0.05) is 34.4 Å². The molecule has 11 heteroatoms. The molecule has 2 aromatic carbocycles. The number of hydrogen-bond acceptors (Lipinski definition) is 8. The van der Waals surface area contributed by atoms with Gasteiger partial charge in [0.25, 0.3) is 5.91 Å². The highest BCUT2D eigenvalue weighted by Crippen LogP contribution is 2.37. The lowest BCUT2D eigenvalue weighted by Crippen LogP contribution is -2.39. The van der Waals surface area contributed by atoms with Crippen LogP contribution >= 0.6 is 23.2 Å². The van der Waals surface area contributed by atoms with Gasteiger partial charge in [-0.3, -0.25) is 9.69 Å². The molecule has 3 heterocycles. The lowest BCUT2D eigenvalue weighted by atomic mass is 10.2. The molecule has 4 aromatic rings. The molecule has 0 aliphatic carbocycles. The van der Waals surface area contributed by atoms with Gasteiger partial charge in [-0.05, 0) is 24.3 Å². The van der Waals surface area contributed by atoms with Gasteiger partial charge in [-0.25, -0.2) is 4.98 Å². The summed E-state index contributed by atoms with van der Waals surface area (Å²) in [5.74, 6) is 0.828. The van der Waals surface area contributed by atoms with E-state index in [4.69, 9.17) is 32.5 Å². The molecular formula is C21H16Cl2N6O3. The monoisotopic (exact) mass is 470 g/mol. The first-order valence-corrected chi connectivity index (χ1v) is 10.3. The van der Waals surface area contributed by atoms with E-state index in [1.54, 1.807) is 24.3 Å². The van der Waals surface area contributed by atoms with E-state index in [1.165, 1.54) is 11.1 Å². The van der Waals surface area contributed by atoms with Crippen LogP contribution in [0.2, 0.25) is 10.0 Å². The van der Waals surface area contributed by atoms with E-state index in [2.05, 4.69) is 20.4 Å². The molecule has 32 heavy (non-hydrogen) atoms. The number of fused-ring (bicyclic) bond motifs is 2. The average molecular weight is 471 g/mol. The molecule has 0 spiro atoms. The second-order valence-corrected chi connectivity index (χ2v) is 8.04. The fourth-order valence-electron chi connectivity index (χ4n) is 3.38. The zero-order chi connectivity index (χ0) is 22.4. The Bertz CT molecular complexity index is 1340. The number of carbonyl (C=O) groups excluding carboxylic acids is 1. The minimum atomic E-state index is -0.355. The summed E-state index contributed by atoms with van der Waals surface area (Å²) in [6, 6.07) is 10.6. The van der Waals surface area contributed by atoms with Crippen LogP contribution in [-0.4, -0.2) is 41.9 Å². The number of aromatic nitrogens is 3. The summed E-state index contributed by atoms with van der Waals surface area (Å²) < 4.78 is 11.1. The molecule has 1 aliphatic rings. The van der Waals surface area contributed by atoms with E-state index in [-0.39, 0.29) is 30.0 Å². The molecule has 0 bridgehead atoms. The lowest BCUT2D eigenvalue weighted by Gasteiger charge is -2.29. The molecule has 0 atom stereocenters. The number of carbonyl (C=O) groups is 1. The molecule has 162 valence electrons. The maximum Gasteiger partial charge on any atom is 0.268 e. The number of hydrogen-bond donors (Lipinski definition) is 1. The maximum absolute atomic E-state index is 13.0. The second kappa shape index (κ2) is 7.85. The molecule has 0 fully saturated rings. The van der Waals surface area contributed by atoms with Crippen molar-refractivity contribution in [1.82, 2.24) is 15.1 Å². The van der Waals surface area contributed by atoms with Gasteiger partial charge in [0.15, 0.2) is 18.1 Å². The second-order valence-electron chi connectivity index (χ2n) is 7.23. The molecule has 1 amide bonds. The van der Waals surface area contributed by atoms with Crippen molar-refractivity contribution in [3.05, 3.63) is 58.2 Å². The molecular weight excluding hydrogens is 455 g/mol. The number of ether oxygens (including phenoxy) is 1. The molecule has 5 rings (SSSR count). The minimum Gasteiger partial charge on any atom is -0.455 e. The van der Waals surface area contributed by atoms with Crippen LogP contribution in [0.15, 0.2) is 47.1 Å². The van der Waals surface area contributed by atoms with Crippen molar-refractivity contribution >= 4 is 63.2 Å². The van der Waals surface area contributed by atoms with Crippen molar-refractivity contribution in [2.75, 3.05) is 35.9 Å². The van der Waals surface area contributed by atoms with Crippen LogP contribution in [0.1, 0.15) is 10.4 Å². The number of rotatable bonds is 4. The van der Waals surface area contributed by atoms with E-state index in [0.29, 0.717) is 27.0 Å². The maximum atomic E-state index is 13.0. The Morgan fingerprint density at radius 3 is 2.69 bits per heavy atom. The zero-order valence-corrected chi connectivity index (χ0v) is 18.5. The van der Waals surface area contributed by atoms with Crippen LogP contribution in [0.3, 0.4) is 0 Å². The first-order valence-electron chi connectivity index (χ1n) is 9.52. The molecule has 2 aromatic heterocycles. The van der Waals surface area contributed by atoms with Crippen LogP contribution < -0.4 is 19.9 Å². The van der Waals surface area contributed by atoms with Gasteiger partial charge in [0, 0.05) is 32.0 Å². The largest absolute Gasteiger partial charge is 0.455 e. The van der Waals surface area contributed by atoms with Gasteiger partial charge >= 0.3 is 0 Å². The quantitative estimate of drug-likeness (QED) is 0.457. The van der Waals surface area contributed by atoms with Crippen LogP contribution in [-0.2, 0) is 0 Å². The van der Waals surface area contributed by atoms with Gasteiger partial charge in [-0.2, -0.15) is 4.98 Å². The summed E-state index contributed by atoms with van der Waals surface area (Å²) >= 11 is 12.5. The SMILES string of the molecule is CN(C)c1noc2cc(Nc3ncc4c(n3)OCN(c3c(Cl)cccc3Cl)C4=O)ccc12. The molecule has 1 aliphatic heterocycles. The standard InChI is InChI=1S/C21H16Cl2N6O3/c1-28(2)18-12-7-6-11(8-16(12)32-27-18)25-21-24-9-13-19(26-21)31-10-29(20(13)30)17-14(22)4-3-5-15(17)23/h3-9H,10H2,1-2H3,(H,24,25,26). The van der Waals surface area contributed by atoms with Crippen molar-refractivity contribution in [2.24, 2.45) is 0 Å². The first kappa shape index (κ1) is 20.3. The van der Waals surface area contributed by atoms with Crippen LogP contribution in [0.5, 0.6) is 5.88 Å². The third kappa shape index (κ3) is 3.45. The van der Waals surface area contributed by atoms with E-state index in [1.807, 2.05) is 31.1 Å². The van der Waals surface area contributed by atoms with Crippen molar-refractivity contribution < 1.29 is 14.1 Å². The first-order chi connectivity index (χ1) is 15.4. The van der Waals surface area contributed by atoms with Gasteiger partial charge in [0.2, 0.25) is 11.8 Å². The highest BCUT2D eigenvalue weighted by Gasteiger charge is 2.31. The highest BCUT2D eigenvalue weighted by molar-refractivity contribution is 6.40. The fourth-order valence-corrected chi connectivity index (χ4v) is 3.98. The van der Waals surface area contributed by atoms with E-state index in [9.17, 15) is 4.79 Å². The summed E-state index contributed by atoms with van der Waals surface area (Å²) in [7, 11) is 3.79. The van der Waals surface area contributed by atoms with Crippen LogP contribution in [0.4, 0.5) is 23.1 Å². The van der Waals surface area contributed by atoms with Gasteiger partial charge < -0.3 is 19.5 Å². The van der Waals surface area contributed by atoms with Gasteiger partial charge in [0.1, 0.15) is 5.56 Å². The minimum absolute atomic E-state index is 0.0803. The molecule has 1 N–H and O–H groups in total. The Balaban J connectivity index is 1.41. The third-order valence-electron chi connectivity index (χ3n) is 4.90. The number of nitrogens with one attached hydrogen (secondary N) is 1. The number of anilines is 4. The average Bonchev–Trinajstić information content (AvgIpc) is 3.19. The van der Waals surface area contributed by atoms with Crippen molar-refractivity contribution in [1.29, 1.82) is 0 Å². The Labute approximate surface area is 192 Å². The molecule has 0 radical (unpaired) electrons. The van der Waals surface area contributed by atoms with Gasteiger partial charge in [0.05, 0.1) is 21.1 Å². The van der Waals surface area contributed by atoms with E-state index in [0.717, 1.165) is 11.2 Å². The number of para-hydroxylation sites is 1. The molecule has 0 unspecified atom stereocenters. The summed E-state index contributed by atoms with van der Waals surface area (Å²) in [6.45, 7) is -0.0803. The van der Waals surface area contributed by atoms with Crippen molar-refractivity contribution in [2.45, 2.75) is 0 Å². The fraction of sp³-hybridized carbons (Fsp3) is 0.143. The summed E-state index contributed by atoms with van der Waals surface area (Å²) in [5.41, 5.74) is 1.91. The predicted octanol–water partition coefficient (Wildman–Crippen LogP) is 4.73. The normalized spacial score (nSPS) is 13.1. The molecule has 0 saturated carbocycles. The Morgan fingerprint density at radius 2 is 1.94 bits per heavy atom. The summed E-state index contributed by atoms with van der Waals surface area (Å²) in [5, 5.41) is 8.73. The topological polar surface area (TPSA) is 96.6 Å². The zero-order valence-electron chi connectivity index (χ0n) is 17.0. The smallest absolute Gasteiger partial charge is 0.268 e.